The van der Waals surface area contributed by atoms with Crippen LogP contribution in [0.5, 0.6) is 0 Å². The summed E-state index contributed by atoms with van der Waals surface area (Å²) < 4.78 is 5.32. The molecule has 0 saturated carbocycles. The number of thiophene rings is 1. The number of hydrogen-bond donors (Lipinski definition) is 1. The van der Waals surface area contributed by atoms with Crippen LogP contribution in [0, 0.1) is 5.92 Å². The highest BCUT2D eigenvalue weighted by molar-refractivity contribution is 7.10. The van der Waals surface area contributed by atoms with Crippen LogP contribution in [-0.4, -0.2) is 68.2 Å². The molecule has 140 valence electrons. The number of methoxy groups -OCH3 is 1. The standard InChI is InChI=1S/C19H32N4OS/c1-4-20-19(23-8-5-16(12-23)14-24-3)21-11-15(2)22-9-6-18-17(13-22)7-10-25-18/h7,10,15-16H,4-6,8-9,11-14H2,1-3H3,(H,20,21). The molecule has 0 amide bonds. The summed E-state index contributed by atoms with van der Waals surface area (Å²) in [6.07, 6.45) is 2.38. The van der Waals surface area contributed by atoms with Crippen LogP contribution in [0.1, 0.15) is 30.7 Å². The summed E-state index contributed by atoms with van der Waals surface area (Å²) in [5.41, 5.74) is 1.51. The normalized spacial score (nSPS) is 22.9. The smallest absolute Gasteiger partial charge is 0.193 e. The van der Waals surface area contributed by atoms with E-state index >= 15 is 0 Å². The van der Waals surface area contributed by atoms with E-state index in [9.17, 15) is 0 Å². The van der Waals surface area contributed by atoms with Crippen molar-refractivity contribution in [2.45, 2.75) is 39.3 Å². The van der Waals surface area contributed by atoms with Crippen molar-refractivity contribution in [3.05, 3.63) is 21.9 Å². The quantitative estimate of drug-likeness (QED) is 0.622. The summed E-state index contributed by atoms with van der Waals surface area (Å²) in [6, 6.07) is 2.76. The van der Waals surface area contributed by atoms with E-state index in [0.29, 0.717) is 12.0 Å². The van der Waals surface area contributed by atoms with Crippen molar-refractivity contribution in [3.8, 4) is 0 Å². The highest BCUT2D eigenvalue weighted by Gasteiger charge is 2.25. The van der Waals surface area contributed by atoms with Gasteiger partial charge in [-0.2, -0.15) is 0 Å². The van der Waals surface area contributed by atoms with Crippen molar-refractivity contribution in [2.75, 3.05) is 46.4 Å². The van der Waals surface area contributed by atoms with E-state index in [4.69, 9.17) is 9.73 Å². The van der Waals surface area contributed by atoms with Crippen LogP contribution in [0.3, 0.4) is 0 Å². The third-order valence-electron chi connectivity index (χ3n) is 5.29. The van der Waals surface area contributed by atoms with E-state index in [1.807, 2.05) is 11.3 Å². The van der Waals surface area contributed by atoms with Gasteiger partial charge in [0.1, 0.15) is 0 Å². The molecular weight excluding hydrogens is 332 g/mol. The maximum Gasteiger partial charge on any atom is 0.193 e. The highest BCUT2D eigenvalue weighted by Crippen LogP contribution is 2.25. The van der Waals surface area contributed by atoms with Gasteiger partial charge in [0.25, 0.3) is 0 Å². The largest absolute Gasteiger partial charge is 0.384 e. The van der Waals surface area contributed by atoms with Crippen LogP contribution in [0.25, 0.3) is 0 Å². The minimum Gasteiger partial charge on any atom is -0.384 e. The van der Waals surface area contributed by atoms with Crippen molar-refractivity contribution in [3.63, 3.8) is 0 Å². The maximum atomic E-state index is 5.32. The first-order chi connectivity index (χ1) is 12.2. The van der Waals surface area contributed by atoms with E-state index in [2.05, 4.69) is 40.4 Å². The summed E-state index contributed by atoms with van der Waals surface area (Å²) in [5, 5.41) is 5.70. The summed E-state index contributed by atoms with van der Waals surface area (Å²) in [4.78, 5) is 11.5. The molecule has 1 N–H and O–H groups in total. The molecule has 3 heterocycles. The van der Waals surface area contributed by atoms with Gasteiger partial charge in [0.05, 0.1) is 13.2 Å². The molecule has 2 unspecified atom stereocenters. The molecule has 1 aromatic heterocycles. The Labute approximate surface area is 156 Å². The Morgan fingerprint density at radius 1 is 1.48 bits per heavy atom. The third-order valence-corrected chi connectivity index (χ3v) is 6.31. The predicted molar refractivity (Wildman–Crippen MR) is 105 cm³/mol. The molecule has 3 rings (SSSR count). The van der Waals surface area contributed by atoms with Crippen LogP contribution in [-0.2, 0) is 17.7 Å². The average molecular weight is 365 g/mol. The molecule has 2 atom stereocenters. The van der Waals surface area contributed by atoms with E-state index in [1.54, 1.807) is 12.0 Å². The molecule has 0 spiro atoms. The highest BCUT2D eigenvalue weighted by atomic mass is 32.1. The second-order valence-corrected chi connectivity index (χ2v) is 8.19. The van der Waals surface area contributed by atoms with Crippen LogP contribution in [0.15, 0.2) is 16.4 Å². The third kappa shape index (κ3) is 4.74. The van der Waals surface area contributed by atoms with Crippen LogP contribution >= 0.6 is 11.3 Å². The lowest BCUT2D eigenvalue weighted by atomic mass is 10.1. The summed E-state index contributed by atoms with van der Waals surface area (Å²) in [5.74, 6) is 1.70. The first kappa shape index (κ1) is 18.7. The second-order valence-electron chi connectivity index (χ2n) is 7.19. The van der Waals surface area contributed by atoms with Gasteiger partial charge in [-0.1, -0.05) is 0 Å². The first-order valence-electron chi connectivity index (χ1n) is 9.52. The van der Waals surface area contributed by atoms with Gasteiger partial charge in [0.2, 0.25) is 0 Å². The zero-order valence-electron chi connectivity index (χ0n) is 15.8. The van der Waals surface area contributed by atoms with Crippen LogP contribution in [0.4, 0.5) is 0 Å². The van der Waals surface area contributed by atoms with Crippen molar-refractivity contribution in [1.29, 1.82) is 0 Å². The van der Waals surface area contributed by atoms with E-state index in [-0.39, 0.29) is 0 Å². The van der Waals surface area contributed by atoms with Gasteiger partial charge in [-0.05, 0) is 43.7 Å². The molecule has 0 radical (unpaired) electrons. The number of fused-ring (bicyclic) bond motifs is 1. The molecule has 0 aromatic carbocycles. The van der Waals surface area contributed by atoms with Crippen molar-refractivity contribution < 1.29 is 4.74 Å². The Morgan fingerprint density at radius 3 is 3.16 bits per heavy atom. The molecule has 2 aliphatic heterocycles. The Bertz CT molecular complexity index is 574. The van der Waals surface area contributed by atoms with Gasteiger partial charge < -0.3 is 15.0 Å². The molecule has 1 fully saturated rings. The monoisotopic (exact) mass is 364 g/mol. The van der Waals surface area contributed by atoms with Crippen LogP contribution in [0.2, 0.25) is 0 Å². The summed E-state index contributed by atoms with van der Waals surface area (Å²) >= 11 is 1.90. The summed E-state index contributed by atoms with van der Waals surface area (Å²) in [7, 11) is 1.79. The van der Waals surface area contributed by atoms with Gasteiger partial charge >= 0.3 is 0 Å². The first-order valence-corrected chi connectivity index (χ1v) is 10.4. The molecule has 6 heteroatoms. The number of hydrogen-bond acceptors (Lipinski definition) is 4. The molecule has 2 aliphatic rings. The number of likely N-dealkylation sites (tertiary alicyclic amines) is 1. The van der Waals surface area contributed by atoms with Gasteiger partial charge in [0.15, 0.2) is 5.96 Å². The number of ether oxygens (including phenoxy) is 1. The molecule has 1 aromatic rings. The van der Waals surface area contributed by atoms with Gasteiger partial charge in [-0.3, -0.25) is 9.89 Å². The van der Waals surface area contributed by atoms with E-state index < -0.39 is 0 Å². The van der Waals surface area contributed by atoms with E-state index in [0.717, 1.165) is 51.8 Å². The minimum absolute atomic E-state index is 0.471. The maximum absolute atomic E-state index is 5.32. The fraction of sp³-hybridized carbons (Fsp3) is 0.737. The molecule has 1 saturated heterocycles. The summed E-state index contributed by atoms with van der Waals surface area (Å²) in [6.45, 7) is 11.4. The number of guanidine groups is 1. The van der Waals surface area contributed by atoms with Crippen molar-refractivity contribution >= 4 is 17.3 Å². The Balaban J connectivity index is 1.56. The second kappa shape index (κ2) is 9.01. The number of rotatable bonds is 6. The molecule has 0 aliphatic carbocycles. The molecule has 5 nitrogen and oxygen atoms in total. The Morgan fingerprint density at radius 2 is 2.36 bits per heavy atom. The predicted octanol–water partition coefficient (Wildman–Crippen LogP) is 2.43. The SMILES string of the molecule is CCNC(=NCC(C)N1CCc2sccc2C1)N1CCC(COC)C1. The number of aliphatic imine (C=N–C) groups is 1. The van der Waals surface area contributed by atoms with E-state index in [1.165, 1.54) is 18.4 Å². The lowest BCUT2D eigenvalue weighted by Gasteiger charge is -2.32. The van der Waals surface area contributed by atoms with Crippen LogP contribution < -0.4 is 5.32 Å². The lowest BCUT2D eigenvalue weighted by Crippen LogP contribution is -2.42. The fourth-order valence-corrected chi connectivity index (χ4v) is 4.69. The molecule has 0 bridgehead atoms. The Hall–Kier alpha value is -1.11. The van der Waals surface area contributed by atoms with Gasteiger partial charge in [0, 0.05) is 56.7 Å². The van der Waals surface area contributed by atoms with Gasteiger partial charge in [-0.15, -0.1) is 11.3 Å². The molecule has 25 heavy (non-hydrogen) atoms. The zero-order chi connectivity index (χ0) is 17.6. The number of nitrogens with one attached hydrogen (secondary N) is 1. The minimum atomic E-state index is 0.471. The fourth-order valence-electron chi connectivity index (χ4n) is 3.80. The topological polar surface area (TPSA) is 40.1 Å². The lowest BCUT2D eigenvalue weighted by molar-refractivity contribution is 0.157. The molecular formula is C19H32N4OS. The Kier molecular flexibility index (Phi) is 6.73. The number of nitrogens with zero attached hydrogens (tertiary/aromatic N) is 3. The zero-order valence-corrected chi connectivity index (χ0v) is 16.6. The van der Waals surface area contributed by atoms with Crippen molar-refractivity contribution in [2.24, 2.45) is 10.9 Å². The average Bonchev–Trinajstić information content (AvgIpc) is 3.27. The van der Waals surface area contributed by atoms with Gasteiger partial charge in [-0.25, -0.2) is 0 Å². The van der Waals surface area contributed by atoms with Crippen molar-refractivity contribution in [1.82, 2.24) is 15.1 Å².